The summed E-state index contributed by atoms with van der Waals surface area (Å²) in [6, 6.07) is 10.1. The molecule has 0 fully saturated rings. The summed E-state index contributed by atoms with van der Waals surface area (Å²) in [5, 5.41) is 9.91. The van der Waals surface area contributed by atoms with E-state index in [1.54, 1.807) is 12.1 Å². The van der Waals surface area contributed by atoms with E-state index in [4.69, 9.17) is 0 Å². The first kappa shape index (κ1) is 14.5. The number of sulfone groups is 1. The number of aromatic hydroxyl groups is 1. The van der Waals surface area contributed by atoms with Crippen molar-refractivity contribution in [3.63, 3.8) is 0 Å². The SMILES string of the molecule is Cc1ccc(S(=O)(=O)c2cc(F)c(O)c3ncccc23)cc1. The van der Waals surface area contributed by atoms with Crippen molar-refractivity contribution in [3.05, 3.63) is 60.0 Å². The van der Waals surface area contributed by atoms with Gasteiger partial charge in [0.1, 0.15) is 5.52 Å². The summed E-state index contributed by atoms with van der Waals surface area (Å²) < 4.78 is 39.4. The lowest BCUT2D eigenvalue weighted by molar-refractivity contribution is 0.436. The minimum Gasteiger partial charge on any atom is -0.503 e. The van der Waals surface area contributed by atoms with E-state index < -0.39 is 21.4 Å². The zero-order chi connectivity index (χ0) is 15.9. The van der Waals surface area contributed by atoms with Gasteiger partial charge in [-0.3, -0.25) is 4.98 Å². The van der Waals surface area contributed by atoms with E-state index in [9.17, 15) is 17.9 Å². The molecule has 22 heavy (non-hydrogen) atoms. The topological polar surface area (TPSA) is 67.3 Å². The molecule has 0 saturated carbocycles. The molecule has 0 amide bonds. The van der Waals surface area contributed by atoms with Crippen molar-refractivity contribution < 1.29 is 17.9 Å². The van der Waals surface area contributed by atoms with Gasteiger partial charge >= 0.3 is 0 Å². The van der Waals surface area contributed by atoms with Gasteiger partial charge in [-0.15, -0.1) is 0 Å². The molecule has 1 N–H and O–H groups in total. The van der Waals surface area contributed by atoms with Crippen molar-refractivity contribution in [2.24, 2.45) is 0 Å². The fraction of sp³-hybridized carbons (Fsp3) is 0.0625. The van der Waals surface area contributed by atoms with Crippen LogP contribution in [0.4, 0.5) is 4.39 Å². The highest BCUT2D eigenvalue weighted by Crippen LogP contribution is 2.34. The Labute approximate surface area is 126 Å². The summed E-state index contributed by atoms with van der Waals surface area (Å²) in [5.74, 6) is -1.67. The van der Waals surface area contributed by atoms with Crippen LogP contribution in [0.15, 0.2) is 58.5 Å². The van der Waals surface area contributed by atoms with Gasteiger partial charge in [0.2, 0.25) is 9.84 Å². The first-order valence-corrected chi connectivity index (χ1v) is 7.97. The summed E-state index contributed by atoms with van der Waals surface area (Å²) in [5.41, 5.74) is 0.843. The molecule has 0 saturated heterocycles. The molecule has 1 aromatic heterocycles. The minimum absolute atomic E-state index is 0.0633. The van der Waals surface area contributed by atoms with Crippen LogP contribution in [0.5, 0.6) is 5.75 Å². The number of fused-ring (bicyclic) bond motifs is 1. The molecule has 0 radical (unpaired) electrons. The second-order valence-corrected chi connectivity index (χ2v) is 6.84. The summed E-state index contributed by atoms with van der Waals surface area (Å²) in [7, 11) is -3.91. The maximum Gasteiger partial charge on any atom is 0.207 e. The molecule has 0 aliphatic rings. The van der Waals surface area contributed by atoms with Gasteiger partial charge in [-0.1, -0.05) is 17.7 Å². The van der Waals surface area contributed by atoms with Gasteiger partial charge in [-0.2, -0.15) is 0 Å². The van der Waals surface area contributed by atoms with E-state index in [0.717, 1.165) is 11.6 Å². The van der Waals surface area contributed by atoms with Crippen LogP contribution in [0.25, 0.3) is 10.9 Å². The van der Waals surface area contributed by atoms with Gasteiger partial charge in [0.25, 0.3) is 0 Å². The minimum atomic E-state index is -3.91. The molecular formula is C16H12FNO3S. The fourth-order valence-corrected chi connectivity index (χ4v) is 3.70. The number of rotatable bonds is 2. The average molecular weight is 317 g/mol. The lowest BCUT2D eigenvalue weighted by Gasteiger charge is -2.10. The zero-order valence-corrected chi connectivity index (χ0v) is 12.4. The Morgan fingerprint density at radius 2 is 1.82 bits per heavy atom. The van der Waals surface area contributed by atoms with Crippen LogP contribution in [-0.2, 0) is 9.84 Å². The van der Waals surface area contributed by atoms with Gasteiger partial charge < -0.3 is 5.11 Å². The molecule has 0 unspecified atom stereocenters. The molecule has 2 aromatic carbocycles. The second-order valence-electron chi connectivity index (χ2n) is 4.92. The van der Waals surface area contributed by atoms with Crippen molar-refractivity contribution in [2.45, 2.75) is 16.7 Å². The Kier molecular flexibility index (Phi) is 3.33. The highest BCUT2D eigenvalue weighted by atomic mass is 32.2. The van der Waals surface area contributed by atoms with E-state index in [-0.39, 0.29) is 20.7 Å². The Hall–Kier alpha value is -2.47. The Morgan fingerprint density at radius 1 is 1.14 bits per heavy atom. The van der Waals surface area contributed by atoms with Gasteiger partial charge in [0.05, 0.1) is 9.79 Å². The van der Waals surface area contributed by atoms with Crippen LogP contribution in [-0.4, -0.2) is 18.5 Å². The molecule has 112 valence electrons. The third kappa shape index (κ3) is 2.21. The highest BCUT2D eigenvalue weighted by Gasteiger charge is 2.24. The number of benzene rings is 2. The van der Waals surface area contributed by atoms with Gasteiger partial charge in [-0.25, -0.2) is 12.8 Å². The van der Waals surface area contributed by atoms with Crippen LogP contribution in [0.1, 0.15) is 5.56 Å². The molecule has 0 atom stereocenters. The molecule has 3 aromatic rings. The predicted molar refractivity (Wildman–Crippen MR) is 80.0 cm³/mol. The third-order valence-corrected chi connectivity index (χ3v) is 5.21. The van der Waals surface area contributed by atoms with E-state index in [0.29, 0.717) is 0 Å². The highest BCUT2D eigenvalue weighted by molar-refractivity contribution is 7.91. The van der Waals surface area contributed by atoms with Crippen molar-refractivity contribution in [2.75, 3.05) is 0 Å². The lowest BCUT2D eigenvalue weighted by Crippen LogP contribution is -2.04. The molecule has 0 aliphatic carbocycles. The first-order chi connectivity index (χ1) is 10.4. The molecule has 0 spiro atoms. The Balaban J connectivity index is 2.34. The number of pyridine rings is 1. The summed E-state index contributed by atoms with van der Waals surface area (Å²) in [6.45, 7) is 1.84. The summed E-state index contributed by atoms with van der Waals surface area (Å²) in [6.07, 6.45) is 1.36. The number of nitrogens with zero attached hydrogens (tertiary/aromatic N) is 1. The summed E-state index contributed by atoms with van der Waals surface area (Å²) in [4.78, 5) is 3.72. The average Bonchev–Trinajstić information content (AvgIpc) is 2.51. The van der Waals surface area contributed by atoms with E-state index >= 15 is 0 Å². The van der Waals surface area contributed by atoms with Crippen LogP contribution >= 0.6 is 0 Å². The van der Waals surface area contributed by atoms with Crippen LogP contribution < -0.4 is 0 Å². The van der Waals surface area contributed by atoms with E-state index in [1.807, 2.05) is 6.92 Å². The first-order valence-electron chi connectivity index (χ1n) is 6.49. The van der Waals surface area contributed by atoms with Gasteiger partial charge in [-0.05, 0) is 37.3 Å². The smallest absolute Gasteiger partial charge is 0.207 e. The Bertz CT molecular complexity index is 967. The van der Waals surface area contributed by atoms with Gasteiger partial charge in [0.15, 0.2) is 11.6 Å². The predicted octanol–water partition coefficient (Wildman–Crippen LogP) is 3.22. The maximum absolute atomic E-state index is 13.9. The van der Waals surface area contributed by atoms with E-state index in [1.165, 1.54) is 30.5 Å². The quantitative estimate of drug-likeness (QED) is 0.788. The van der Waals surface area contributed by atoms with E-state index in [2.05, 4.69) is 4.98 Å². The number of hydrogen-bond acceptors (Lipinski definition) is 4. The number of aryl methyl sites for hydroxylation is 1. The zero-order valence-electron chi connectivity index (χ0n) is 11.6. The van der Waals surface area contributed by atoms with Crippen molar-refractivity contribution in [1.82, 2.24) is 4.98 Å². The molecule has 4 nitrogen and oxygen atoms in total. The molecule has 0 bridgehead atoms. The van der Waals surface area contributed by atoms with Crippen LogP contribution in [0.2, 0.25) is 0 Å². The lowest BCUT2D eigenvalue weighted by atomic mass is 10.2. The molecule has 6 heteroatoms. The standard InChI is InChI=1S/C16H12FNO3S/c1-10-4-6-11(7-5-10)22(20,21)14-9-13(17)16(19)15-12(14)3-2-8-18-15/h2-9,19H,1H3. The molecule has 0 aliphatic heterocycles. The van der Waals surface area contributed by atoms with Gasteiger partial charge in [0, 0.05) is 11.6 Å². The number of phenolic OH excluding ortho intramolecular Hbond substituents is 1. The van der Waals surface area contributed by atoms with Crippen molar-refractivity contribution >= 4 is 20.7 Å². The maximum atomic E-state index is 13.9. The summed E-state index contributed by atoms with van der Waals surface area (Å²) >= 11 is 0. The van der Waals surface area contributed by atoms with Crippen molar-refractivity contribution in [3.8, 4) is 5.75 Å². The second kappa shape index (κ2) is 5.06. The molecule has 1 heterocycles. The fourth-order valence-electron chi connectivity index (χ4n) is 2.23. The molecule has 3 rings (SSSR count). The van der Waals surface area contributed by atoms with Crippen molar-refractivity contribution in [1.29, 1.82) is 0 Å². The normalized spacial score (nSPS) is 11.7. The van der Waals surface area contributed by atoms with Crippen LogP contribution in [0.3, 0.4) is 0 Å². The Morgan fingerprint density at radius 3 is 2.50 bits per heavy atom. The number of phenols is 1. The monoisotopic (exact) mass is 317 g/mol. The third-order valence-electron chi connectivity index (χ3n) is 3.40. The number of halogens is 1. The largest absolute Gasteiger partial charge is 0.503 e. The number of hydrogen-bond donors (Lipinski definition) is 1. The molecular weight excluding hydrogens is 305 g/mol. The number of aromatic nitrogens is 1. The van der Waals surface area contributed by atoms with Crippen LogP contribution in [0, 0.1) is 12.7 Å².